The van der Waals surface area contributed by atoms with Crippen molar-refractivity contribution < 1.29 is 9.53 Å². The van der Waals surface area contributed by atoms with Crippen molar-refractivity contribution in [2.45, 2.75) is 46.1 Å². The molecule has 6 heteroatoms. The van der Waals surface area contributed by atoms with Gasteiger partial charge in [-0.3, -0.25) is 0 Å². The summed E-state index contributed by atoms with van der Waals surface area (Å²) in [5.74, 6) is 1.32. The number of nitrogens with one attached hydrogen (secondary N) is 1. The number of carbonyl (C=O) groups excluding carboxylic acids is 1. The van der Waals surface area contributed by atoms with Crippen LogP contribution in [-0.2, 0) is 4.74 Å². The van der Waals surface area contributed by atoms with E-state index in [9.17, 15) is 4.79 Å². The Labute approximate surface area is 132 Å². The summed E-state index contributed by atoms with van der Waals surface area (Å²) in [6, 6.07) is 3.98. The predicted molar refractivity (Wildman–Crippen MR) is 85.9 cm³/mol. The third-order valence-electron chi connectivity index (χ3n) is 3.56. The van der Waals surface area contributed by atoms with Gasteiger partial charge in [0, 0.05) is 19.6 Å². The number of aromatic nitrogens is 2. The Morgan fingerprint density at radius 2 is 2.18 bits per heavy atom. The van der Waals surface area contributed by atoms with E-state index in [-0.39, 0.29) is 6.09 Å². The lowest BCUT2D eigenvalue weighted by atomic mass is 9.98. The first-order valence-corrected chi connectivity index (χ1v) is 7.85. The average molecular weight is 306 g/mol. The number of aryl methyl sites for hydroxylation is 1. The number of ether oxygens (including phenoxy) is 1. The minimum Gasteiger partial charge on any atom is -0.444 e. The van der Waals surface area contributed by atoms with Gasteiger partial charge >= 0.3 is 6.09 Å². The van der Waals surface area contributed by atoms with Crippen LogP contribution < -0.4 is 10.2 Å². The fourth-order valence-corrected chi connectivity index (χ4v) is 2.54. The summed E-state index contributed by atoms with van der Waals surface area (Å²) in [6.07, 6.45) is 1.85. The first kappa shape index (κ1) is 16.5. The minimum absolute atomic E-state index is 0.347. The Morgan fingerprint density at radius 1 is 1.41 bits per heavy atom. The van der Waals surface area contributed by atoms with E-state index in [2.05, 4.69) is 20.4 Å². The smallest absolute Gasteiger partial charge is 0.407 e. The van der Waals surface area contributed by atoms with Crippen molar-refractivity contribution in [1.29, 1.82) is 0 Å². The lowest BCUT2D eigenvalue weighted by Crippen LogP contribution is -2.42. The topological polar surface area (TPSA) is 67.4 Å². The molecule has 0 aliphatic carbocycles. The Kier molecular flexibility index (Phi) is 5.21. The Bertz CT molecular complexity index is 496. The summed E-state index contributed by atoms with van der Waals surface area (Å²) >= 11 is 0. The minimum atomic E-state index is -0.458. The normalized spacial score (nSPS) is 18.9. The SMILES string of the molecule is Cc1ccc(N2CCC[C@H](CNC(=O)OC(C)(C)C)C2)nn1. The summed E-state index contributed by atoms with van der Waals surface area (Å²) in [5, 5.41) is 11.2. The maximum Gasteiger partial charge on any atom is 0.407 e. The molecule has 1 fully saturated rings. The number of piperidine rings is 1. The Balaban J connectivity index is 1.83. The molecule has 2 heterocycles. The van der Waals surface area contributed by atoms with Gasteiger partial charge in [-0.05, 0) is 58.6 Å². The van der Waals surface area contributed by atoms with Crippen LogP contribution in [0, 0.1) is 12.8 Å². The number of hydrogen-bond acceptors (Lipinski definition) is 5. The maximum atomic E-state index is 11.7. The van der Waals surface area contributed by atoms with Gasteiger partial charge in [0.1, 0.15) is 5.60 Å². The quantitative estimate of drug-likeness (QED) is 0.929. The summed E-state index contributed by atoms with van der Waals surface area (Å²) < 4.78 is 5.27. The van der Waals surface area contributed by atoms with Crippen LogP contribution in [0.25, 0.3) is 0 Å². The summed E-state index contributed by atoms with van der Waals surface area (Å²) in [7, 11) is 0. The molecule has 1 aliphatic heterocycles. The van der Waals surface area contributed by atoms with Crippen molar-refractivity contribution in [3.05, 3.63) is 17.8 Å². The molecule has 0 saturated carbocycles. The van der Waals surface area contributed by atoms with Crippen molar-refractivity contribution in [2.75, 3.05) is 24.5 Å². The number of rotatable bonds is 3. The van der Waals surface area contributed by atoms with Gasteiger partial charge in [0.25, 0.3) is 0 Å². The highest BCUT2D eigenvalue weighted by Crippen LogP contribution is 2.20. The van der Waals surface area contributed by atoms with Gasteiger partial charge in [0.05, 0.1) is 5.69 Å². The van der Waals surface area contributed by atoms with E-state index in [0.29, 0.717) is 12.5 Å². The zero-order valence-corrected chi connectivity index (χ0v) is 13.9. The second-order valence-electron chi connectivity index (χ2n) is 6.87. The zero-order chi connectivity index (χ0) is 16.2. The van der Waals surface area contributed by atoms with Crippen LogP contribution >= 0.6 is 0 Å². The lowest BCUT2D eigenvalue weighted by molar-refractivity contribution is 0.0517. The second-order valence-corrected chi connectivity index (χ2v) is 6.87. The van der Waals surface area contributed by atoms with Crippen LogP contribution in [0.15, 0.2) is 12.1 Å². The molecule has 1 aromatic rings. The third-order valence-corrected chi connectivity index (χ3v) is 3.56. The van der Waals surface area contributed by atoms with Crippen molar-refractivity contribution in [3.8, 4) is 0 Å². The molecule has 1 N–H and O–H groups in total. The molecule has 0 radical (unpaired) electrons. The molecular weight excluding hydrogens is 280 g/mol. The summed E-state index contributed by atoms with van der Waals surface area (Å²) in [6.45, 7) is 10.0. The molecule has 0 aromatic carbocycles. The van der Waals surface area contributed by atoms with Crippen molar-refractivity contribution >= 4 is 11.9 Å². The van der Waals surface area contributed by atoms with Crippen LogP contribution in [0.5, 0.6) is 0 Å². The maximum absolute atomic E-state index is 11.7. The number of carbonyl (C=O) groups is 1. The molecule has 122 valence electrons. The van der Waals surface area contributed by atoms with Gasteiger partial charge < -0.3 is 15.0 Å². The molecule has 0 bridgehead atoms. The van der Waals surface area contributed by atoms with Gasteiger partial charge in [-0.2, -0.15) is 5.10 Å². The highest BCUT2D eigenvalue weighted by Gasteiger charge is 2.23. The van der Waals surface area contributed by atoms with Crippen LogP contribution in [0.3, 0.4) is 0 Å². The van der Waals surface area contributed by atoms with Gasteiger partial charge in [0.15, 0.2) is 5.82 Å². The van der Waals surface area contributed by atoms with Gasteiger partial charge in [-0.1, -0.05) is 0 Å². The van der Waals surface area contributed by atoms with E-state index in [1.807, 2.05) is 39.8 Å². The highest BCUT2D eigenvalue weighted by atomic mass is 16.6. The molecule has 6 nitrogen and oxygen atoms in total. The van der Waals surface area contributed by atoms with Gasteiger partial charge in [-0.25, -0.2) is 4.79 Å². The zero-order valence-electron chi connectivity index (χ0n) is 13.9. The molecule has 1 amide bonds. The highest BCUT2D eigenvalue weighted by molar-refractivity contribution is 5.67. The molecule has 1 aliphatic rings. The van der Waals surface area contributed by atoms with Crippen LogP contribution in [0.2, 0.25) is 0 Å². The molecule has 1 aromatic heterocycles. The van der Waals surface area contributed by atoms with Gasteiger partial charge in [0.2, 0.25) is 0 Å². The van der Waals surface area contributed by atoms with E-state index in [4.69, 9.17) is 4.74 Å². The molecule has 22 heavy (non-hydrogen) atoms. The van der Waals surface area contributed by atoms with Crippen molar-refractivity contribution in [2.24, 2.45) is 5.92 Å². The van der Waals surface area contributed by atoms with Crippen LogP contribution in [-0.4, -0.2) is 41.5 Å². The van der Waals surface area contributed by atoms with Crippen molar-refractivity contribution in [3.63, 3.8) is 0 Å². The molecule has 1 atom stereocenters. The Hall–Kier alpha value is -1.85. The molecule has 2 rings (SSSR count). The number of alkyl carbamates (subject to hydrolysis) is 1. The van der Waals surface area contributed by atoms with E-state index < -0.39 is 5.60 Å². The first-order chi connectivity index (χ1) is 10.3. The lowest BCUT2D eigenvalue weighted by Gasteiger charge is -2.33. The monoisotopic (exact) mass is 306 g/mol. The third kappa shape index (κ3) is 5.16. The van der Waals surface area contributed by atoms with E-state index in [1.165, 1.54) is 0 Å². The molecule has 1 saturated heterocycles. The fourth-order valence-electron chi connectivity index (χ4n) is 2.54. The molecule has 0 unspecified atom stereocenters. The van der Waals surface area contributed by atoms with E-state index in [0.717, 1.165) is 37.4 Å². The molecule has 0 spiro atoms. The van der Waals surface area contributed by atoms with E-state index >= 15 is 0 Å². The standard InChI is InChI=1S/C16H26N4O2/c1-12-7-8-14(19-18-12)20-9-5-6-13(11-20)10-17-15(21)22-16(2,3)4/h7-8,13H,5-6,9-11H2,1-4H3,(H,17,21)/t13-/m1/s1. The number of hydrogen-bond donors (Lipinski definition) is 1. The number of nitrogens with zero attached hydrogens (tertiary/aromatic N) is 3. The fraction of sp³-hybridized carbons (Fsp3) is 0.688. The van der Waals surface area contributed by atoms with Crippen LogP contribution in [0.4, 0.5) is 10.6 Å². The van der Waals surface area contributed by atoms with Crippen LogP contribution in [0.1, 0.15) is 39.3 Å². The van der Waals surface area contributed by atoms with Gasteiger partial charge in [-0.15, -0.1) is 5.10 Å². The first-order valence-electron chi connectivity index (χ1n) is 7.85. The molecular formula is C16H26N4O2. The Morgan fingerprint density at radius 3 is 2.82 bits per heavy atom. The summed E-state index contributed by atoms with van der Waals surface area (Å²) in [5.41, 5.74) is 0.462. The largest absolute Gasteiger partial charge is 0.444 e. The van der Waals surface area contributed by atoms with E-state index in [1.54, 1.807) is 0 Å². The summed E-state index contributed by atoms with van der Waals surface area (Å²) in [4.78, 5) is 14.0. The average Bonchev–Trinajstić information content (AvgIpc) is 2.44. The number of anilines is 1. The predicted octanol–water partition coefficient (Wildman–Crippen LogP) is 2.53. The van der Waals surface area contributed by atoms with Crippen molar-refractivity contribution in [1.82, 2.24) is 15.5 Å². The second kappa shape index (κ2) is 6.94. The number of amides is 1.